The highest BCUT2D eigenvalue weighted by molar-refractivity contribution is 5.89. The highest BCUT2D eigenvalue weighted by atomic mass is 16.5. The first-order chi connectivity index (χ1) is 15.0. The smallest absolute Gasteiger partial charge is 0.338 e. The number of esters is 1. The molecule has 0 saturated carbocycles. The van der Waals surface area contributed by atoms with Crippen molar-refractivity contribution in [1.29, 1.82) is 0 Å². The van der Waals surface area contributed by atoms with Crippen LogP contribution in [0.1, 0.15) is 47.0 Å². The van der Waals surface area contributed by atoms with Crippen molar-refractivity contribution in [2.45, 2.75) is 25.5 Å². The van der Waals surface area contributed by atoms with Gasteiger partial charge >= 0.3 is 5.97 Å². The van der Waals surface area contributed by atoms with Gasteiger partial charge in [0.1, 0.15) is 11.5 Å². The van der Waals surface area contributed by atoms with Gasteiger partial charge in [0.05, 0.1) is 31.4 Å². The lowest BCUT2D eigenvalue weighted by Crippen LogP contribution is -2.15. The summed E-state index contributed by atoms with van der Waals surface area (Å²) in [5.74, 6) is 0.548. The third kappa shape index (κ3) is 5.99. The van der Waals surface area contributed by atoms with Gasteiger partial charge in [0.2, 0.25) is 0 Å². The first-order valence-corrected chi connectivity index (χ1v) is 10.1. The number of hydrogen-bond donors (Lipinski definition) is 3. The summed E-state index contributed by atoms with van der Waals surface area (Å²) in [6.45, 7) is 2.10. The Morgan fingerprint density at radius 3 is 2.13 bits per heavy atom. The van der Waals surface area contributed by atoms with Gasteiger partial charge in [-0.1, -0.05) is 24.3 Å². The minimum absolute atomic E-state index is 0.155. The maximum absolute atomic E-state index is 11.9. The van der Waals surface area contributed by atoms with Crippen molar-refractivity contribution in [2.24, 2.45) is 0 Å². The number of carbonyl (C=O) groups is 1. The lowest BCUT2D eigenvalue weighted by Gasteiger charge is -2.24. The highest BCUT2D eigenvalue weighted by Gasteiger charge is 2.19. The monoisotopic (exact) mass is 421 g/mol. The van der Waals surface area contributed by atoms with Crippen LogP contribution in [0.2, 0.25) is 0 Å². The van der Waals surface area contributed by atoms with Gasteiger partial charge in [-0.15, -0.1) is 0 Å². The number of carbonyl (C=O) groups excluding carboxylic acids is 1. The Balaban J connectivity index is 1.81. The average Bonchev–Trinajstić information content (AvgIpc) is 2.79. The highest BCUT2D eigenvalue weighted by Crippen LogP contribution is 2.31. The van der Waals surface area contributed by atoms with E-state index in [1.807, 2.05) is 36.4 Å². The number of rotatable bonds is 9. The van der Waals surface area contributed by atoms with E-state index in [-0.39, 0.29) is 17.8 Å². The Morgan fingerprint density at radius 1 is 0.935 bits per heavy atom. The molecular weight excluding hydrogens is 394 g/mol. The number of hydrogen-bond acceptors (Lipinski definition) is 6. The van der Waals surface area contributed by atoms with Crippen molar-refractivity contribution >= 4 is 11.7 Å². The summed E-state index contributed by atoms with van der Waals surface area (Å²) in [7, 11) is 1.62. The molecule has 3 aromatic carbocycles. The molecule has 6 nitrogen and oxygen atoms in total. The molecule has 6 heteroatoms. The van der Waals surface area contributed by atoms with Crippen molar-refractivity contribution in [3.05, 3.63) is 89.5 Å². The van der Waals surface area contributed by atoms with Crippen molar-refractivity contribution in [2.75, 3.05) is 19.0 Å². The fourth-order valence-electron chi connectivity index (χ4n) is 3.29. The van der Waals surface area contributed by atoms with Crippen molar-refractivity contribution < 1.29 is 24.5 Å². The number of anilines is 1. The molecule has 0 spiro atoms. The number of aromatic hydroxyl groups is 1. The molecule has 3 aromatic rings. The molecule has 31 heavy (non-hydrogen) atoms. The van der Waals surface area contributed by atoms with Crippen LogP contribution in [-0.4, -0.2) is 29.9 Å². The number of aliphatic hydroxyl groups is 1. The Labute approximate surface area is 182 Å². The zero-order valence-corrected chi connectivity index (χ0v) is 17.6. The summed E-state index contributed by atoms with van der Waals surface area (Å²) in [4.78, 5) is 11.9. The molecule has 0 aliphatic carbocycles. The van der Waals surface area contributed by atoms with Crippen LogP contribution in [0.3, 0.4) is 0 Å². The van der Waals surface area contributed by atoms with Crippen molar-refractivity contribution in [3.8, 4) is 11.5 Å². The van der Waals surface area contributed by atoms with Gasteiger partial charge < -0.3 is 25.0 Å². The first-order valence-electron chi connectivity index (χ1n) is 10.1. The minimum Gasteiger partial charge on any atom is -0.508 e. The minimum atomic E-state index is -0.737. The lowest BCUT2D eigenvalue weighted by atomic mass is 9.96. The van der Waals surface area contributed by atoms with Crippen LogP contribution in [0.25, 0.3) is 0 Å². The van der Waals surface area contributed by atoms with Crippen LogP contribution in [-0.2, 0) is 4.74 Å². The average molecular weight is 421 g/mol. The van der Waals surface area contributed by atoms with E-state index in [0.29, 0.717) is 18.6 Å². The van der Waals surface area contributed by atoms with Gasteiger partial charge in [0, 0.05) is 12.1 Å². The van der Waals surface area contributed by atoms with Crippen LogP contribution in [0.15, 0.2) is 72.8 Å². The second kappa shape index (κ2) is 10.5. The Kier molecular flexibility index (Phi) is 7.51. The molecule has 0 radical (unpaired) electrons. The van der Waals surface area contributed by atoms with E-state index < -0.39 is 6.10 Å². The van der Waals surface area contributed by atoms with Gasteiger partial charge in [-0.3, -0.25) is 0 Å². The van der Waals surface area contributed by atoms with Crippen LogP contribution in [0.5, 0.6) is 11.5 Å². The number of aliphatic hydroxyl groups excluding tert-OH is 1. The number of nitrogens with one attached hydrogen (secondary N) is 1. The predicted molar refractivity (Wildman–Crippen MR) is 119 cm³/mol. The standard InChI is InChI=1S/C25H27NO5/c1-3-31-25(29)19-4-10-20(11-5-19)26-23(17-8-14-22(30-2)15-9-17)16-24(28)18-6-12-21(27)13-7-18/h4-15,23-24,26-28H,3,16H2,1-2H3. The van der Waals surface area contributed by atoms with Crippen molar-refractivity contribution in [1.82, 2.24) is 0 Å². The molecule has 0 saturated heterocycles. The molecule has 3 N–H and O–H groups in total. The van der Waals surface area contributed by atoms with Gasteiger partial charge in [0.15, 0.2) is 0 Å². The molecule has 0 aliphatic heterocycles. The van der Waals surface area contributed by atoms with E-state index >= 15 is 0 Å². The maximum Gasteiger partial charge on any atom is 0.338 e. The zero-order valence-electron chi connectivity index (χ0n) is 17.6. The summed E-state index contributed by atoms with van der Waals surface area (Å²) in [6.07, 6.45) is -0.337. The van der Waals surface area contributed by atoms with Crippen LogP contribution < -0.4 is 10.1 Å². The summed E-state index contributed by atoms with van der Waals surface area (Å²) in [5.41, 5.74) is 2.99. The molecule has 2 unspecified atom stereocenters. The molecule has 0 fully saturated rings. The van der Waals surface area contributed by atoms with E-state index in [0.717, 1.165) is 22.6 Å². The number of methoxy groups -OCH3 is 1. The van der Waals surface area contributed by atoms with E-state index in [2.05, 4.69) is 5.32 Å². The van der Waals surface area contributed by atoms with E-state index in [1.165, 1.54) is 0 Å². The summed E-state index contributed by atoms with van der Waals surface area (Å²) in [5, 5.41) is 23.7. The molecule has 0 bridgehead atoms. The largest absolute Gasteiger partial charge is 0.508 e. The number of phenolic OH excluding ortho intramolecular Hbond substituents is 1. The fraction of sp³-hybridized carbons (Fsp3) is 0.240. The van der Waals surface area contributed by atoms with Crippen LogP contribution in [0, 0.1) is 0 Å². The molecule has 0 heterocycles. The maximum atomic E-state index is 11.9. The summed E-state index contributed by atoms with van der Waals surface area (Å²) < 4.78 is 10.3. The quantitative estimate of drug-likeness (QED) is 0.428. The molecule has 3 rings (SSSR count). The summed E-state index contributed by atoms with van der Waals surface area (Å²) >= 11 is 0. The Hall–Kier alpha value is -3.51. The third-order valence-electron chi connectivity index (χ3n) is 4.99. The molecule has 0 aromatic heterocycles. The fourth-order valence-corrected chi connectivity index (χ4v) is 3.29. The Bertz CT molecular complexity index is 968. The van der Waals surface area contributed by atoms with Gasteiger partial charge in [-0.05, 0) is 66.6 Å². The van der Waals surface area contributed by atoms with Crippen LogP contribution >= 0.6 is 0 Å². The lowest BCUT2D eigenvalue weighted by molar-refractivity contribution is 0.0526. The third-order valence-corrected chi connectivity index (χ3v) is 4.99. The Morgan fingerprint density at radius 2 is 1.55 bits per heavy atom. The topological polar surface area (TPSA) is 88.0 Å². The van der Waals surface area contributed by atoms with E-state index in [9.17, 15) is 15.0 Å². The normalized spacial score (nSPS) is 12.6. The molecule has 0 amide bonds. The van der Waals surface area contributed by atoms with E-state index in [4.69, 9.17) is 9.47 Å². The second-order valence-corrected chi connectivity index (χ2v) is 7.11. The van der Waals surface area contributed by atoms with Gasteiger partial charge in [-0.2, -0.15) is 0 Å². The predicted octanol–water partition coefficient (Wildman–Crippen LogP) is 4.85. The molecule has 162 valence electrons. The summed E-state index contributed by atoms with van der Waals surface area (Å²) in [6, 6.07) is 21.0. The van der Waals surface area contributed by atoms with Gasteiger partial charge in [-0.25, -0.2) is 4.79 Å². The molecular formula is C25H27NO5. The van der Waals surface area contributed by atoms with Crippen molar-refractivity contribution in [3.63, 3.8) is 0 Å². The van der Waals surface area contributed by atoms with Crippen LogP contribution in [0.4, 0.5) is 5.69 Å². The first kappa shape index (κ1) is 22.2. The zero-order chi connectivity index (χ0) is 22.2. The SMILES string of the molecule is CCOC(=O)c1ccc(NC(CC(O)c2ccc(O)cc2)c2ccc(OC)cc2)cc1. The van der Waals surface area contributed by atoms with Gasteiger partial charge in [0.25, 0.3) is 0 Å². The molecule has 0 aliphatic rings. The number of ether oxygens (including phenoxy) is 2. The molecule has 2 atom stereocenters. The second-order valence-electron chi connectivity index (χ2n) is 7.11. The number of phenols is 1. The number of benzene rings is 3. The van der Waals surface area contributed by atoms with E-state index in [1.54, 1.807) is 50.4 Å².